The Morgan fingerprint density at radius 2 is 1.88 bits per heavy atom. The number of rotatable bonds is 6. The van der Waals surface area contributed by atoms with E-state index in [1.807, 2.05) is 30.3 Å². The molecule has 0 aliphatic rings. The van der Waals surface area contributed by atoms with Gasteiger partial charge in [-0.2, -0.15) is 0 Å². The molecule has 5 nitrogen and oxygen atoms in total. The number of pyridine rings is 1. The average molecular weight is 357 g/mol. The molecule has 0 aliphatic carbocycles. The van der Waals surface area contributed by atoms with Gasteiger partial charge in [0.25, 0.3) is 5.91 Å². The van der Waals surface area contributed by atoms with Gasteiger partial charge in [0.1, 0.15) is 0 Å². The van der Waals surface area contributed by atoms with E-state index in [9.17, 15) is 9.90 Å². The van der Waals surface area contributed by atoms with Crippen molar-refractivity contribution in [3.05, 3.63) is 65.7 Å². The highest BCUT2D eigenvalue weighted by molar-refractivity contribution is 6.33. The van der Waals surface area contributed by atoms with Gasteiger partial charge in [0.05, 0.1) is 16.2 Å². The maximum Gasteiger partial charge on any atom is 0.265 e. The lowest BCUT2D eigenvalue weighted by atomic mass is 10.2. The number of aliphatic hydroxyl groups excluding tert-OH is 1. The summed E-state index contributed by atoms with van der Waals surface area (Å²) in [5.74, 6) is -0.0661. The van der Waals surface area contributed by atoms with Crippen LogP contribution in [-0.4, -0.2) is 28.7 Å². The van der Waals surface area contributed by atoms with Gasteiger partial charge in [-0.1, -0.05) is 41.9 Å². The summed E-state index contributed by atoms with van der Waals surface area (Å²) in [5, 5.41) is 13.4. The Balaban J connectivity index is 1.77. The molecule has 6 heteroatoms. The van der Waals surface area contributed by atoms with Crippen LogP contribution in [0.2, 0.25) is 5.02 Å². The topological polar surface area (TPSA) is 71.5 Å². The number of ether oxygens (including phenoxy) is 1. The molecule has 25 heavy (non-hydrogen) atoms. The van der Waals surface area contributed by atoms with Gasteiger partial charge >= 0.3 is 0 Å². The maximum atomic E-state index is 12.5. The van der Waals surface area contributed by atoms with E-state index in [2.05, 4.69) is 10.3 Å². The van der Waals surface area contributed by atoms with E-state index in [1.54, 1.807) is 30.3 Å². The van der Waals surface area contributed by atoms with E-state index in [4.69, 9.17) is 16.3 Å². The molecular formula is C19H17ClN2O3. The van der Waals surface area contributed by atoms with E-state index in [-0.39, 0.29) is 13.0 Å². The first-order chi connectivity index (χ1) is 12.2. The fraction of sp³-hybridized carbons (Fsp3) is 0.158. The zero-order valence-electron chi connectivity index (χ0n) is 13.4. The predicted molar refractivity (Wildman–Crippen MR) is 97.9 cm³/mol. The summed E-state index contributed by atoms with van der Waals surface area (Å²) < 4.78 is 5.71. The highest BCUT2D eigenvalue weighted by Crippen LogP contribution is 2.22. The summed E-state index contributed by atoms with van der Waals surface area (Å²) in [5.41, 5.74) is 1.27. The molecule has 0 saturated heterocycles. The zero-order valence-corrected chi connectivity index (χ0v) is 14.1. The Kier molecular flexibility index (Phi) is 5.48. The van der Waals surface area contributed by atoms with Crippen molar-refractivity contribution in [2.45, 2.75) is 12.5 Å². The Morgan fingerprint density at radius 3 is 2.68 bits per heavy atom. The second-order valence-electron chi connectivity index (χ2n) is 5.43. The number of halogens is 1. The number of carbonyl (C=O) groups excluding carboxylic acids is 1. The third-order valence-electron chi connectivity index (χ3n) is 3.65. The minimum Gasteiger partial charge on any atom is -0.464 e. The van der Waals surface area contributed by atoms with Crippen LogP contribution in [0.1, 0.15) is 6.42 Å². The minimum atomic E-state index is -0.880. The van der Waals surface area contributed by atoms with Crippen LogP contribution < -0.4 is 10.1 Å². The number of nitrogens with zero attached hydrogens (tertiary/aromatic N) is 1. The van der Waals surface area contributed by atoms with E-state index < -0.39 is 12.0 Å². The van der Waals surface area contributed by atoms with Gasteiger partial charge in [-0.15, -0.1) is 0 Å². The molecule has 3 rings (SSSR count). The zero-order chi connectivity index (χ0) is 17.6. The van der Waals surface area contributed by atoms with Gasteiger partial charge in [-0.05, 0) is 24.3 Å². The van der Waals surface area contributed by atoms with Crippen LogP contribution in [0.5, 0.6) is 5.88 Å². The molecule has 0 aliphatic heterocycles. The fourth-order valence-electron chi connectivity index (χ4n) is 2.40. The van der Waals surface area contributed by atoms with Crippen LogP contribution in [0.4, 0.5) is 5.69 Å². The Labute approximate surface area is 150 Å². The Hall–Kier alpha value is -2.63. The smallest absolute Gasteiger partial charge is 0.265 e. The second kappa shape index (κ2) is 7.96. The number of hydrogen-bond donors (Lipinski definition) is 2. The van der Waals surface area contributed by atoms with Crippen LogP contribution in [0.15, 0.2) is 60.7 Å². The number of anilines is 1. The van der Waals surface area contributed by atoms with Crippen molar-refractivity contribution in [3.8, 4) is 5.88 Å². The Bertz CT molecular complexity index is 885. The van der Waals surface area contributed by atoms with Crippen molar-refractivity contribution in [3.63, 3.8) is 0 Å². The summed E-state index contributed by atoms with van der Waals surface area (Å²) in [6.07, 6.45) is -0.736. The van der Waals surface area contributed by atoms with Crippen LogP contribution in [-0.2, 0) is 4.79 Å². The molecule has 1 heterocycles. The molecule has 1 aromatic heterocycles. The lowest BCUT2D eigenvalue weighted by Crippen LogP contribution is -2.34. The summed E-state index contributed by atoms with van der Waals surface area (Å²) in [6, 6.07) is 18.1. The van der Waals surface area contributed by atoms with Crippen molar-refractivity contribution in [2.24, 2.45) is 0 Å². The van der Waals surface area contributed by atoms with Crippen molar-refractivity contribution < 1.29 is 14.6 Å². The van der Waals surface area contributed by atoms with Gasteiger partial charge in [-0.3, -0.25) is 4.79 Å². The molecule has 0 radical (unpaired) electrons. The lowest BCUT2D eigenvalue weighted by molar-refractivity contribution is -0.123. The van der Waals surface area contributed by atoms with Crippen molar-refractivity contribution in [2.75, 3.05) is 11.9 Å². The standard InChI is InChI=1S/C19H17ClN2O3/c20-14-6-2-4-8-16(14)22-19(24)17(11-12-23)25-18-10-9-13-5-1-3-7-15(13)21-18/h1-10,17,23H,11-12H2,(H,22,24). The van der Waals surface area contributed by atoms with E-state index in [0.717, 1.165) is 10.9 Å². The molecule has 0 fully saturated rings. The van der Waals surface area contributed by atoms with Gasteiger partial charge in [0.15, 0.2) is 6.10 Å². The quantitative estimate of drug-likeness (QED) is 0.707. The summed E-state index contributed by atoms with van der Waals surface area (Å²) in [4.78, 5) is 16.9. The summed E-state index contributed by atoms with van der Waals surface area (Å²) >= 11 is 6.06. The van der Waals surface area contributed by atoms with Gasteiger partial charge < -0.3 is 15.2 Å². The third-order valence-corrected chi connectivity index (χ3v) is 3.98. The van der Waals surface area contributed by atoms with Crippen LogP contribution in [0.25, 0.3) is 10.9 Å². The number of hydrogen-bond acceptors (Lipinski definition) is 4. The monoisotopic (exact) mass is 356 g/mol. The lowest BCUT2D eigenvalue weighted by Gasteiger charge is -2.18. The second-order valence-corrected chi connectivity index (χ2v) is 5.84. The summed E-state index contributed by atoms with van der Waals surface area (Å²) in [7, 11) is 0. The highest BCUT2D eigenvalue weighted by Gasteiger charge is 2.21. The minimum absolute atomic E-state index is 0.144. The average Bonchev–Trinajstić information content (AvgIpc) is 2.63. The molecule has 0 saturated carbocycles. The largest absolute Gasteiger partial charge is 0.464 e. The Morgan fingerprint density at radius 1 is 1.12 bits per heavy atom. The van der Waals surface area contributed by atoms with Gasteiger partial charge in [0.2, 0.25) is 5.88 Å². The SMILES string of the molecule is O=C(Nc1ccccc1Cl)C(CCO)Oc1ccc2ccccc2n1. The van der Waals surface area contributed by atoms with E-state index in [0.29, 0.717) is 16.6 Å². The van der Waals surface area contributed by atoms with Gasteiger partial charge in [-0.25, -0.2) is 4.98 Å². The van der Waals surface area contributed by atoms with Crippen molar-refractivity contribution in [1.82, 2.24) is 4.98 Å². The first-order valence-corrected chi connectivity index (χ1v) is 8.24. The molecule has 3 aromatic rings. The number of benzene rings is 2. The molecule has 1 amide bonds. The van der Waals surface area contributed by atoms with E-state index in [1.165, 1.54) is 0 Å². The first kappa shape index (κ1) is 17.2. The van der Waals surface area contributed by atoms with E-state index >= 15 is 0 Å². The number of aromatic nitrogens is 1. The normalized spacial score (nSPS) is 11.9. The molecular weight excluding hydrogens is 340 g/mol. The maximum absolute atomic E-state index is 12.5. The summed E-state index contributed by atoms with van der Waals surface area (Å²) in [6.45, 7) is -0.186. The molecule has 1 unspecified atom stereocenters. The molecule has 2 N–H and O–H groups in total. The highest BCUT2D eigenvalue weighted by atomic mass is 35.5. The molecule has 1 atom stereocenters. The van der Waals surface area contributed by atoms with Crippen LogP contribution in [0, 0.1) is 0 Å². The number of fused-ring (bicyclic) bond motifs is 1. The third kappa shape index (κ3) is 4.26. The van der Waals surface area contributed by atoms with Crippen molar-refractivity contribution >= 4 is 34.1 Å². The van der Waals surface area contributed by atoms with Gasteiger partial charge in [0, 0.05) is 24.5 Å². The van der Waals surface area contributed by atoms with Crippen molar-refractivity contribution in [1.29, 1.82) is 0 Å². The fourth-order valence-corrected chi connectivity index (χ4v) is 2.58. The predicted octanol–water partition coefficient (Wildman–Crippen LogP) is 3.66. The molecule has 0 spiro atoms. The first-order valence-electron chi connectivity index (χ1n) is 7.86. The number of aliphatic hydroxyl groups is 1. The number of nitrogens with one attached hydrogen (secondary N) is 1. The number of para-hydroxylation sites is 2. The number of carbonyl (C=O) groups is 1. The number of amides is 1. The molecule has 128 valence electrons. The molecule has 0 bridgehead atoms. The van der Waals surface area contributed by atoms with Crippen LogP contribution >= 0.6 is 11.6 Å². The molecule has 2 aromatic carbocycles. The van der Waals surface area contributed by atoms with Crippen LogP contribution in [0.3, 0.4) is 0 Å².